The molecule has 0 aromatic rings. The second kappa shape index (κ2) is 18.9. The Kier molecular flexibility index (Phi) is 16.0. The van der Waals surface area contributed by atoms with Crippen LogP contribution < -0.4 is 0 Å². The molecule has 0 aromatic carbocycles. The Labute approximate surface area is 234 Å². The first-order valence-electron chi connectivity index (χ1n) is 14.7. The number of rotatable bonds is 19. The van der Waals surface area contributed by atoms with Gasteiger partial charge in [0.15, 0.2) is 0 Å². The van der Waals surface area contributed by atoms with Gasteiger partial charge in [-0.2, -0.15) is 0 Å². The smallest absolute Gasteiger partial charge is 0.0900 e. The molecule has 0 spiro atoms. The Morgan fingerprint density at radius 3 is 1.10 bits per heavy atom. The number of aliphatic hydroxyl groups excluding tert-OH is 3. The van der Waals surface area contributed by atoms with Crippen molar-refractivity contribution in [2.75, 3.05) is 138 Å². The molecule has 3 N–H and O–H groups in total. The van der Waals surface area contributed by atoms with Crippen LogP contribution in [0, 0.1) is 5.41 Å². The highest BCUT2D eigenvalue weighted by atomic mass is 16.5. The Bertz CT molecular complexity index is 538. The monoisotopic (exact) mass is 563 g/mol. The molecule has 0 aliphatic carbocycles. The first-order chi connectivity index (χ1) is 19.0. The van der Waals surface area contributed by atoms with Gasteiger partial charge < -0.3 is 43.7 Å². The highest BCUT2D eigenvalue weighted by molar-refractivity contribution is 4.80. The lowest BCUT2D eigenvalue weighted by Gasteiger charge is -2.34. The van der Waals surface area contributed by atoms with Crippen molar-refractivity contribution in [3.05, 3.63) is 0 Å². The third-order valence-electron chi connectivity index (χ3n) is 7.62. The number of aliphatic hydroxyl groups is 3. The van der Waals surface area contributed by atoms with Gasteiger partial charge >= 0.3 is 0 Å². The quantitative estimate of drug-likeness (QED) is 0.170. The molecular formula is C27H53N3O9. The van der Waals surface area contributed by atoms with Crippen molar-refractivity contribution in [2.24, 2.45) is 5.41 Å². The van der Waals surface area contributed by atoms with Crippen molar-refractivity contribution >= 4 is 0 Å². The number of hydrogen-bond donors (Lipinski definition) is 3. The Morgan fingerprint density at radius 2 is 0.846 bits per heavy atom. The summed E-state index contributed by atoms with van der Waals surface area (Å²) in [4.78, 5) is 6.55. The fourth-order valence-electron chi connectivity index (χ4n) is 5.07. The van der Waals surface area contributed by atoms with E-state index in [0.717, 1.165) is 45.7 Å². The summed E-state index contributed by atoms with van der Waals surface area (Å²) in [6, 6.07) is 0. The van der Waals surface area contributed by atoms with Gasteiger partial charge in [-0.05, 0) is 6.42 Å². The number of nitrogens with zero attached hydrogens (tertiary/aromatic N) is 3. The predicted molar refractivity (Wildman–Crippen MR) is 145 cm³/mol. The van der Waals surface area contributed by atoms with Crippen LogP contribution in [0.25, 0.3) is 0 Å². The fraction of sp³-hybridized carbons (Fsp3) is 1.00. The molecule has 230 valence electrons. The van der Waals surface area contributed by atoms with Gasteiger partial charge in [0.2, 0.25) is 0 Å². The second-order valence-electron chi connectivity index (χ2n) is 11.1. The zero-order valence-electron chi connectivity index (χ0n) is 23.9. The number of morpholine rings is 3. The molecule has 12 nitrogen and oxygen atoms in total. The zero-order valence-corrected chi connectivity index (χ0v) is 23.9. The second-order valence-corrected chi connectivity index (χ2v) is 11.1. The highest BCUT2D eigenvalue weighted by Crippen LogP contribution is 2.25. The summed E-state index contributed by atoms with van der Waals surface area (Å²) >= 11 is 0. The Hall–Kier alpha value is -0.480. The molecule has 0 radical (unpaired) electrons. The van der Waals surface area contributed by atoms with E-state index in [4.69, 9.17) is 28.4 Å². The minimum Gasteiger partial charge on any atom is -0.389 e. The van der Waals surface area contributed by atoms with Crippen LogP contribution in [0.3, 0.4) is 0 Å². The third kappa shape index (κ3) is 13.4. The van der Waals surface area contributed by atoms with Crippen molar-refractivity contribution in [1.82, 2.24) is 14.7 Å². The first kappa shape index (κ1) is 33.0. The molecular weight excluding hydrogens is 510 g/mol. The van der Waals surface area contributed by atoms with Gasteiger partial charge in [0.25, 0.3) is 0 Å². The molecule has 3 saturated heterocycles. The summed E-state index contributed by atoms with van der Waals surface area (Å²) in [7, 11) is 0. The summed E-state index contributed by atoms with van der Waals surface area (Å²) in [5.41, 5.74) is -0.462. The van der Waals surface area contributed by atoms with Gasteiger partial charge in [-0.25, -0.2) is 0 Å². The van der Waals surface area contributed by atoms with Crippen LogP contribution in [-0.4, -0.2) is 187 Å². The van der Waals surface area contributed by atoms with Crippen LogP contribution in [-0.2, 0) is 28.4 Å². The molecule has 0 amide bonds. The zero-order chi connectivity index (χ0) is 27.8. The lowest BCUT2D eigenvalue weighted by Crippen LogP contribution is -2.44. The van der Waals surface area contributed by atoms with E-state index in [-0.39, 0.29) is 19.8 Å². The maximum Gasteiger partial charge on any atom is 0.0900 e. The van der Waals surface area contributed by atoms with Gasteiger partial charge in [-0.1, -0.05) is 6.92 Å². The normalized spacial score (nSPS) is 24.3. The molecule has 3 unspecified atom stereocenters. The fourth-order valence-corrected chi connectivity index (χ4v) is 5.07. The number of hydrogen-bond acceptors (Lipinski definition) is 12. The van der Waals surface area contributed by atoms with Crippen LogP contribution in [0.4, 0.5) is 0 Å². The number of ether oxygens (including phenoxy) is 6. The van der Waals surface area contributed by atoms with Crippen LogP contribution in [0.15, 0.2) is 0 Å². The SMILES string of the molecule is CCC(COCC(O)CN1CCOCC1)(COCC(O)CN1CCOCC1)COCC(O)CN1CCOCC1. The Balaban J connectivity index is 1.44. The lowest BCUT2D eigenvalue weighted by atomic mass is 9.88. The summed E-state index contributed by atoms with van der Waals surface area (Å²) in [6.45, 7) is 14.5. The lowest BCUT2D eigenvalue weighted by molar-refractivity contribution is -0.106. The molecule has 3 aliphatic rings. The number of β-amino-alcohol motifs (C(OH)–C–C–N with tert-alkyl or cyclic N) is 3. The highest BCUT2D eigenvalue weighted by Gasteiger charge is 2.31. The maximum atomic E-state index is 10.5. The molecule has 3 aliphatic heterocycles. The van der Waals surface area contributed by atoms with Crippen LogP contribution in [0.1, 0.15) is 13.3 Å². The molecule has 12 heteroatoms. The predicted octanol–water partition coefficient (Wildman–Crippen LogP) is -1.49. The minimum atomic E-state index is -0.592. The summed E-state index contributed by atoms with van der Waals surface area (Å²) in [5.74, 6) is 0. The summed E-state index contributed by atoms with van der Waals surface area (Å²) < 4.78 is 34.2. The van der Waals surface area contributed by atoms with E-state index in [0.29, 0.717) is 79.1 Å². The van der Waals surface area contributed by atoms with E-state index < -0.39 is 23.7 Å². The molecule has 0 aromatic heterocycles. The van der Waals surface area contributed by atoms with Gasteiger partial charge in [0.1, 0.15) is 0 Å². The molecule has 0 bridgehead atoms. The van der Waals surface area contributed by atoms with E-state index in [1.54, 1.807) is 0 Å². The van der Waals surface area contributed by atoms with E-state index >= 15 is 0 Å². The standard InChI is InChI=1S/C27H53N3O9/c1-2-27(21-37-18-24(31)15-28-3-9-34-10-4-28,22-38-19-25(32)16-29-5-11-35-12-6-29)23-39-20-26(33)17-30-7-13-36-14-8-30/h24-26,31-33H,2-23H2,1H3. The van der Waals surface area contributed by atoms with Crippen molar-refractivity contribution in [2.45, 2.75) is 31.7 Å². The van der Waals surface area contributed by atoms with Crippen molar-refractivity contribution < 1.29 is 43.7 Å². The van der Waals surface area contributed by atoms with Gasteiger partial charge in [-0.15, -0.1) is 0 Å². The third-order valence-corrected chi connectivity index (χ3v) is 7.62. The molecule has 39 heavy (non-hydrogen) atoms. The first-order valence-corrected chi connectivity index (χ1v) is 14.7. The largest absolute Gasteiger partial charge is 0.389 e. The van der Waals surface area contributed by atoms with Crippen LogP contribution in [0.2, 0.25) is 0 Å². The summed E-state index contributed by atoms with van der Waals surface area (Å²) in [6.07, 6.45) is -1.05. The van der Waals surface area contributed by atoms with Gasteiger partial charge in [0, 0.05) is 64.3 Å². The van der Waals surface area contributed by atoms with Crippen LogP contribution in [0.5, 0.6) is 0 Å². The van der Waals surface area contributed by atoms with E-state index in [1.165, 1.54) is 0 Å². The van der Waals surface area contributed by atoms with E-state index in [2.05, 4.69) is 21.6 Å². The van der Waals surface area contributed by atoms with Crippen molar-refractivity contribution in [1.29, 1.82) is 0 Å². The maximum absolute atomic E-state index is 10.5. The van der Waals surface area contributed by atoms with Crippen molar-refractivity contribution in [3.63, 3.8) is 0 Å². The van der Waals surface area contributed by atoms with Gasteiger partial charge in [-0.3, -0.25) is 14.7 Å². The van der Waals surface area contributed by atoms with Crippen molar-refractivity contribution in [3.8, 4) is 0 Å². The van der Waals surface area contributed by atoms with Gasteiger partial charge in [0.05, 0.1) is 97.6 Å². The molecule has 3 heterocycles. The Morgan fingerprint density at radius 1 is 0.564 bits per heavy atom. The molecule has 3 fully saturated rings. The van der Waals surface area contributed by atoms with Crippen LogP contribution >= 0.6 is 0 Å². The molecule has 0 saturated carbocycles. The minimum absolute atomic E-state index is 0.221. The summed E-state index contributed by atoms with van der Waals surface area (Å²) in [5, 5.41) is 31.6. The average Bonchev–Trinajstić information content (AvgIpc) is 2.94. The average molecular weight is 564 g/mol. The van der Waals surface area contributed by atoms with E-state index in [9.17, 15) is 15.3 Å². The topological polar surface area (TPSA) is 126 Å². The molecule has 3 rings (SSSR count). The molecule has 3 atom stereocenters. The van der Waals surface area contributed by atoms with E-state index in [1.807, 2.05) is 0 Å².